The van der Waals surface area contributed by atoms with Gasteiger partial charge in [0.2, 0.25) is 0 Å². The van der Waals surface area contributed by atoms with Gasteiger partial charge in [0, 0.05) is 67.8 Å². The molecule has 6 heteroatoms. The maximum atomic E-state index is 6.60. The Hall–Kier alpha value is -6.21. The molecule has 11 aromatic rings. The molecule has 0 aliphatic carbocycles. The first-order valence-corrected chi connectivity index (χ1v) is 18.5. The van der Waals surface area contributed by atoms with Gasteiger partial charge in [0.25, 0.3) is 0 Å². The second-order valence-electron chi connectivity index (χ2n) is 12.8. The van der Waals surface area contributed by atoms with Crippen molar-refractivity contribution in [3.63, 3.8) is 0 Å². The van der Waals surface area contributed by atoms with Gasteiger partial charge in [-0.25, -0.2) is 15.0 Å². The Bertz CT molecular complexity index is 3160. The van der Waals surface area contributed by atoms with Crippen LogP contribution in [-0.4, -0.2) is 15.0 Å². The predicted octanol–water partition coefficient (Wildman–Crippen LogP) is 13.2. The number of hydrogen-bond donors (Lipinski definition) is 0. The van der Waals surface area contributed by atoms with E-state index in [9.17, 15) is 0 Å². The van der Waals surface area contributed by atoms with Crippen LogP contribution in [0.15, 0.2) is 156 Å². The van der Waals surface area contributed by atoms with Gasteiger partial charge in [-0.15, -0.1) is 22.7 Å². The minimum absolute atomic E-state index is 0.598. The summed E-state index contributed by atoms with van der Waals surface area (Å²) in [5, 5.41) is 7.19. The molecule has 0 amide bonds. The standard InChI is InChI=1S/C45H25N3OS2/c1-2-11-26(12-3-1)43-46-44(27-21-22-30-29-13-5-8-18-37(29)51-40(30)25-27)48-45(47-43)28-23-34(41-32-14-4-7-17-35(32)49-36(41)24-28)31-16-10-20-39-42(31)33-15-6-9-19-38(33)50-39/h1-25H. The third-order valence-electron chi connectivity index (χ3n) is 9.73. The average molecular weight is 688 g/mol. The molecule has 0 bridgehead atoms. The molecule has 0 N–H and O–H groups in total. The number of fused-ring (bicyclic) bond motifs is 9. The third kappa shape index (κ3) is 4.54. The van der Waals surface area contributed by atoms with Crippen LogP contribution in [0.4, 0.5) is 0 Å². The van der Waals surface area contributed by atoms with E-state index in [1.165, 1.54) is 40.3 Å². The van der Waals surface area contributed by atoms with E-state index in [1.807, 2.05) is 53.8 Å². The second-order valence-corrected chi connectivity index (χ2v) is 14.9. The summed E-state index contributed by atoms with van der Waals surface area (Å²) in [5.41, 5.74) is 6.67. The van der Waals surface area contributed by atoms with E-state index in [1.54, 1.807) is 11.3 Å². The topological polar surface area (TPSA) is 51.8 Å². The van der Waals surface area contributed by atoms with Crippen molar-refractivity contribution in [2.45, 2.75) is 0 Å². The van der Waals surface area contributed by atoms with E-state index in [0.717, 1.165) is 49.8 Å². The molecule has 7 aromatic carbocycles. The molecule has 0 saturated carbocycles. The van der Waals surface area contributed by atoms with Gasteiger partial charge in [-0.2, -0.15) is 0 Å². The zero-order valence-corrected chi connectivity index (χ0v) is 28.6. The Morgan fingerprint density at radius 3 is 1.82 bits per heavy atom. The average Bonchev–Trinajstić information content (AvgIpc) is 3.88. The summed E-state index contributed by atoms with van der Waals surface area (Å²) in [6, 6.07) is 53.2. The minimum atomic E-state index is 0.598. The summed E-state index contributed by atoms with van der Waals surface area (Å²) < 4.78 is 11.6. The van der Waals surface area contributed by atoms with Crippen LogP contribution in [0.2, 0.25) is 0 Å². The van der Waals surface area contributed by atoms with Crippen LogP contribution in [0, 0.1) is 0 Å². The summed E-state index contributed by atoms with van der Waals surface area (Å²) in [4.78, 5) is 15.4. The number of thiophene rings is 2. The van der Waals surface area contributed by atoms with Crippen molar-refractivity contribution in [3.05, 3.63) is 152 Å². The van der Waals surface area contributed by atoms with Crippen molar-refractivity contribution in [2.24, 2.45) is 0 Å². The molecule has 0 unspecified atom stereocenters. The van der Waals surface area contributed by atoms with Crippen LogP contribution >= 0.6 is 22.7 Å². The first-order chi connectivity index (χ1) is 25.2. The Morgan fingerprint density at radius 1 is 0.353 bits per heavy atom. The monoisotopic (exact) mass is 687 g/mol. The molecule has 0 atom stereocenters. The highest BCUT2D eigenvalue weighted by Gasteiger charge is 2.21. The van der Waals surface area contributed by atoms with E-state index >= 15 is 0 Å². The summed E-state index contributed by atoms with van der Waals surface area (Å²) in [5.74, 6) is 1.86. The number of nitrogens with zero attached hydrogens (tertiary/aromatic N) is 3. The Labute approximate surface area is 299 Å². The molecule has 238 valence electrons. The lowest BCUT2D eigenvalue weighted by Crippen LogP contribution is -2.00. The van der Waals surface area contributed by atoms with Crippen molar-refractivity contribution in [1.29, 1.82) is 0 Å². The Kier molecular flexibility index (Phi) is 6.26. The zero-order chi connectivity index (χ0) is 33.5. The Balaban J connectivity index is 1.19. The quantitative estimate of drug-likeness (QED) is 0.185. The van der Waals surface area contributed by atoms with Gasteiger partial charge >= 0.3 is 0 Å². The van der Waals surface area contributed by atoms with Crippen LogP contribution in [0.25, 0.3) is 108 Å². The smallest absolute Gasteiger partial charge is 0.164 e. The van der Waals surface area contributed by atoms with Crippen LogP contribution < -0.4 is 0 Å². The van der Waals surface area contributed by atoms with Crippen molar-refractivity contribution < 1.29 is 4.42 Å². The van der Waals surface area contributed by atoms with Gasteiger partial charge in [0.15, 0.2) is 17.5 Å². The van der Waals surface area contributed by atoms with E-state index in [-0.39, 0.29) is 0 Å². The van der Waals surface area contributed by atoms with Crippen molar-refractivity contribution >= 4 is 85.0 Å². The normalized spacial score (nSPS) is 11.9. The highest BCUT2D eigenvalue weighted by molar-refractivity contribution is 7.26. The van der Waals surface area contributed by atoms with Gasteiger partial charge in [0.05, 0.1) is 0 Å². The van der Waals surface area contributed by atoms with Gasteiger partial charge in [-0.3, -0.25) is 0 Å². The van der Waals surface area contributed by atoms with Crippen LogP contribution in [-0.2, 0) is 0 Å². The van der Waals surface area contributed by atoms with Gasteiger partial charge in [-0.05, 0) is 53.6 Å². The molecule has 0 radical (unpaired) electrons. The van der Waals surface area contributed by atoms with Gasteiger partial charge < -0.3 is 4.42 Å². The maximum absolute atomic E-state index is 6.60. The SMILES string of the molecule is c1ccc(-c2nc(-c3cc(-c4cccc5sc6ccccc6c45)c4c(c3)oc3ccccc34)nc(-c3ccc4c(c3)sc3ccccc34)n2)cc1. The first-order valence-electron chi connectivity index (χ1n) is 16.8. The van der Waals surface area contributed by atoms with Crippen LogP contribution in [0.1, 0.15) is 0 Å². The lowest BCUT2D eigenvalue weighted by Gasteiger charge is -2.12. The molecular weight excluding hydrogens is 663 g/mol. The lowest BCUT2D eigenvalue weighted by atomic mass is 9.93. The molecule has 0 aliphatic rings. The molecule has 4 nitrogen and oxygen atoms in total. The third-order valence-corrected chi connectivity index (χ3v) is 12.0. The second kappa shape index (κ2) is 11.2. The lowest BCUT2D eigenvalue weighted by molar-refractivity contribution is 0.669. The van der Waals surface area contributed by atoms with E-state index in [2.05, 4.69) is 109 Å². The van der Waals surface area contributed by atoms with Crippen molar-refractivity contribution in [1.82, 2.24) is 15.0 Å². The maximum Gasteiger partial charge on any atom is 0.164 e. The zero-order valence-electron chi connectivity index (χ0n) is 27.0. The molecule has 11 rings (SSSR count). The molecule has 0 saturated heterocycles. The number of benzene rings is 7. The highest BCUT2D eigenvalue weighted by Crippen LogP contribution is 2.45. The van der Waals surface area contributed by atoms with Crippen LogP contribution in [0.5, 0.6) is 0 Å². The number of hydrogen-bond acceptors (Lipinski definition) is 6. The predicted molar refractivity (Wildman–Crippen MR) is 215 cm³/mol. The van der Waals surface area contributed by atoms with Crippen molar-refractivity contribution in [3.8, 4) is 45.3 Å². The molecular formula is C45H25N3OS2. The fourth-order valence-corrected chi connectivity index (χ4v) is 9.69. The molecule has 0 aliphatic heterocycles. The summed E-state index contributed by atoms with van der Waals surface area (Å²) in [6.07, 6.45) is 0. The number of aromatic nitrogens is 3. The number of rotatable bonds is 4. The molecule has 51 heavy (non-hydrogen) atoms. The van der Waals surface area contributed by atoms with E-state index < -0.39 is 0 Å². The Morgan fingerprint density at radius 2 is 0.980 bits per heavy atom. The van der Waals surface area contributed by atoms with Gasteiger partial charge in [0.1, 0.15) is 11.2 Å². The molecule has 4 heterocycles. The molecule has 0 spiro atoms. The summed E-state index contributed by atoms with van der Waals surface area (Å²) in [6.45, 7) is 0. The first kappa shape index (κ1) is 28.6. The highest BCUT2D eigenvalue weighted by atomic mass is 32.1. The van der Waals surface area contributed by atoms with E-state index in [0.29, 0.717) is 17.5 Å². The molecule has 4 aromatic heterocycles. The van der Waals surface area contributed by atoms with Gasteiger partial charge in [-0.1, -0.05) is 109 Å². The fourth-order valence-electron chi connectivity index (χ4n) is 7.41. The van der Waals surface area contributed by atoms with Crippen molar-refractivity contribution in [2.75, 3.05) is 0 Å². The fraction of sp³-hybridized carbons (Fsp3) is 0. The van der Waals surface area contributed by atoms with Crippen LogP contribution in [0.3, 0.4) is 0 Å². The summed E-state index contributed by atoms with van der Waals surface area (Å²) >= 11 is 3.62. The minimum Gasteiger partial charge on any atom is -0.456 e. The number of furan rings is 1. The largest absolute Gasteiger partial charge is 0.456 e. The summed E-state index contributed by atoms with van der Waals surface area (Å²) in [7, 11) is 0. The van der Waals surface area contributed by atoms with E-state index in [4.69, 9.17) is 19.4 Å². The molecule has 0 fully saturated rings. The number of para-hydroxylation sites is 1.